The molecule has 4 rings (SSSR count). The zero-order valence-corrected chi connectivity index (χ0v) is 13.6. The van der Waals surface area contributed by atoms with Crippen molar-refractivity contribution in [2.24, 2.45) is 0 Å². The molecule has 0 saturated heterocycles. The molecule has 0 atom stereocenters. The summed E-state index contributed by atoms with van der Waals surface area (Å²) in [5.41, 5.74) is 9.24. The summed E-state index contributed by atoms with van der Waals surface area (Å²) >= 11 is 0. The minimum absolute atomic E-state index is 0. The van der Waals surface area contributed by atoms with E-state index in [-0.39, 0.29) is 2.85 Å². The number of fused-ring (bicyclic) bond motifs is 1. The van der Waals surface area contributed by atoms with E-state index in [9.17, 15) is 0 Å². The molecule has 4 aromatic heterocycles. The number of hydrogen-bond donors (Lipinski definition) is 1. The summed E-state index contributed by atoms with van der Waals surface area (Å²) in [5.74, 6) is 1.17. The maximum Gasteiger partial charge on any atom is 0.166 e. The zero-order valence-electron chi connectivity index (χ0n) is 13.6. The van der Waals surface area contributed by atoms with Gasteiger partial charge in [-0.05, 0) is 17.7 Å². The fraction of sp³-hybridized carbons (Fsp3) is 0.118. The third-order valence-electron chi connectivity index (χ3n) is 3.86. The van der Waals surface area contributed by atoms with Gasteiger partial charge < -0.3 is 10.6 Å². The fourth-order valence-corrected chi connectivity index (χ4v) is 2.69. The second kappa shape index (κ2) is 6.16. The molecule has 0 amide bonds. The number of anilines is 2. The van der Waals surface area contributed by atoms with E-state index >= 15 is 0 Å². The van der Waals surface area contributed by atoms with Crippen molar-refractivity contribution in [2.75, 3.05) is 17.7 Å². The molecule has 0 bridgehead atoms. The van der Waals surface area contributed by atoms with Gasteiger partial charge in [-0.1, -0.05) is 6.07 Å². The molecule has 128 valence electrons. The van der Waals surface area contributed by atoms with Gasteiger partial charge in [-0.3, -0.25) is 4.98 Å². The predicted octanol–water partition coefficient (Wildman–Crippen LogP) is 2.29. The first-order valence-corrected chi connectivity index (χ1v) is 7.73. The number of pyridine rings is 1. The third kappa shape index (κ3) is 2.85. The second-order valence-electron chi connectivity index (χ2n) is 5.63. The van der Waals surface area contributed by atoms with Gasteiger partial charge in [-0.15, -0.1) is 5.10 Å². The van der Waals surface area contributed by atoms with Gasteiger partial charge in [-0.2, -0.15) is 0 Å². The van der Waals surface area contributed by atoms with Crippen LogP contribution >= 0.6 is 0 Å². The summed E-state index contributed by atoms with van der Waals surface area (Å²) < 4.78 is 1.64. The molecule has 0 radical (unpaired) electrons. The normalized spacial score (nSPS) is 10.9. The van der Waals surface area contributed by atoms with Crippen LogP contribution in [-0.2, 0) is 6.54 Å². The average molecular weight is 336 g/mol. The van der Waals surface area contributed by atoms with Crippen LogP contribution in [0.15, 0.2) is 55.4 Å². The number of aromatic nitrogens is 6. The largest absolute Gasteiger partial charge is 0.382 e. The molecular weight excluding hydrogens is 316 g/mol. The molecule has 4 heterocycles. The molecule has 2 N–H and O–H groups in total. The van der Waals surface area contributed by atoms with Crippen molar-refractivity contribution in [1.29, 1.82) is 0 Å². The van der Waals surface area contributed by atoms with Gasteiger partial charge in [0.2, 0.25) is 0 Å². The van der Waals surface area contributed by atoms with Crippen molar-refractivity contribution < 1.29 is 2.85 Å². The topological polar surface area (TPSA) is 98.1 Å². The molecule has 0 saturated carbocycles. The van der Waals surface area contributed by atoms with E-state index in [1.165, 1.54) is 6.33 Å². The smallest absolute Gasteiger partial charge is 0.166 e. The monoisotopic (exact) mass is 336 g/mol. The lowest BCUT2D eigenvalue weighted by Crippen LogP contribution is -2.18. The van der Waals surface area contributed by atoms with Gasteiger partial charge in [0.1, 0.15) is 12.1 Å². The summed E-state index contributed by atoms with van der Waals surface area (Å²) in [7, 11) is 1.97. The molecule has 0 aromatic carbocycles. The van der Waals surface area contributed by atoms with E-state index in [2.05, 4.69) is 25.0 Å². The Labute approximate surface area is 147 Å². The highest BCUT2D eigenvalue weighted by molar-refractivity contribution is 5.84. The van der Waals surface area contributed by atoms with Crippen molar-refractivity contribution in [3.8, 4) is 11.3 Å². The van der Waals surface area contributed by atoms with Crippen molar-refractivity contribution in [3.05, 3.63) is 60.9 Å². The van der Waals surface area contributed by atoms with Crippen LogP contribution in [0.2, 0.25) is 0 Å². The van der Waals surface area contributed by atoms with Crippen molar-refractivity contribution in [1.82, 2.24) is 29.5 Å². The van der Waals surface area contributed by atoms with Gasteiger partial charge in [0.25, 0.3) is 0 Å². The highest BCUT2D eigenvalue weighted by Gasteiger charge is 2.16. The van der Waals surface area contributed by atoms with Gasteiger partial charge in [0.15, 0.2) is 11.5 Å². The standard InChI is InChI=1S/C17H16N8.2H2/c1-24(10-12-4-2-5-19-9-12)14-8-13(21-11-22-14)15-16(18)23-25-7-3-6-20-17(15)25;;/h2-9,11H,10H2,1H3,(H2,18,23);2*1H. The van der Waals surface area contributed by atoms with E-state index < -0.39 is 0 Å². The van der Waals surface area contributed by atoms with E-state index in [0.29, 0.717) is 29.3 Å². The SMILES string of the molecule is CN(Cc1cccnc1)c1cc(-c2c(N)nn3cccnc23)ncn1.[HH].[HH]. The van der Waals surface area contributed by atoms with Crippen LogP contribution in [0.25, 0.3) is 16.9 Å². The van der Waals surface area contributed by atoms with Crippen LogP contribution < -0.4 is 10.6 Å². The first kappa shape index (κ1) is 15.0. The first-order valence-electron chi connectivity index (χ1n) is 7.73. The van der Waals surface area contributed by atoms with Crippen molar-refractivity contribution in [3.63, 3.8) is 0 Å². The van der Waals surface area contributed by atoms with Crippen LogP contribution in [-0.4, -0.2) is 36.6 Å². The van der Waals surface area contributed by atoms with E-state index in [1.54, 1.807) is 29.2 Å². The molecular formula is C17H20N8. The van der Waals surface area contributed by atoms with Gasteiger partial charge in [-0.25, -0.2) is 19.5 Å². The molecule has 0 fully saturated rings. The molecule has 0 aliphatic carbocycles. The Morgan fingerprint density at radius 2 is 2.12 bits per heavy atom. The Morgan fingerprint density at radius 1 is 1.20 bits per heavy atom. The highest BCUT2D eigenvalue weighted by Crippen LogP contribution is 2.29. The van der Waals surface area contributed by atoms with Crippen molar-refractivity contribution in [2.45, 2.75) is 6.54 Å². The number of nitrogens with zero attached hydrogens (tertiary/aromatic N) is 7. The molecule has 0 aliphatic heterocycles. The summed E-state index contributed by atoms with van der Waals surface area (Å²) in [6.45, 7) is 0.687. The molecule has 8 heteroatoms. The van der Waals surface area contributed by atoms with E-state index in [4.69, 9.17) is 5.73 Å². The Bertz CT molecular complexity index is 1020. The Hall–Kier alpha value is -3.55. The maximum atomic E-state index is 6.08. The summed E-state index contributed by atoms with van der Waals surface area (Å²) in [4.78, 5) is 19.2. The molecule has 0 unspecified atom stereocenters. The molecule has 25 heavy (non-hydrogen) atoms. The van der Waals surface area contributed by atoms with Gasteiger partial charge >= 0.3 is 0 Å². The lowest BCUT2D eigenvalue weighted by Gasteiger charge is -2.18. The fourth-order valence-electron chi connectivity index (χ4n) is 2.69. The number of rotatable bonds is 4. The van der Waals surface area contributed by atoms with Crippen LogP contribution in [0.4, 0.5) is 11.6 Å². The minimum atomic E-state index is 0. The first-order chi connectivity index (χ1) is 12.2. The van der Waals surface area contributed by atoms with Crippen LogP contribution in [0.1, 0.15) is 8.42 Å². The summed E-state index contributed by atoms with van der Waals surface area (Å²) in [6, 6.07) is 7.63. The second-order valence-corrected chi connectivity index (χ2v) is 5.63. The number of nitrogen functional groups attached to an aromatic ring is 1. The Balaban J connectivity index is 0.00000131. The Kier molecular flexibility index (Phi) is 3.70. The molecule has 0 aliphatic rings. The van der Waals surface area contributed by atoms with Crippen LogP contribution in [0, 0.1) is 0 Å². The van der Waals surface area contributed by atoms with E-state index in [1.807, 2.05) is 36.3 Å². The molecule has 4 aromatic rings. The van der Waals surface area contributed by atoms with Crippen LogP contribution in [0.3, 0.4) is 0 Å². The Morgan fingerprint density at radius 3 is 2.96 bits per heavy atom. The molecule has 8 nitrogen and oxygen atoms in total. The highest BCUT2D eigenvalue weighted by atomic mass is 15.3. The zero-order chi connectivity index (χ0) is 17.2. The number of nitrogens with two attached hydrogens (primary N) is 1. The minimum Gasteiger partial charge on any atom is -0.382 e. The lowest BCUT2D eigenvalue weighted by atomic mass is 10.2. The molecule has 0 spiro atoms. The predicted molar refractivity (Wildman–Crippen MR) is 99.0 cm³/mol. The third-order valence-corrected chi connectivity index (χ3v) is 3.86. The maximum absolute atomic E-state index is 6.08. The van der Waals surface area contributed by atoms with Gasteiger partial charge in [0, 0.05) is 47.3 Å². The van der Waals surface area contributed by atoms with E-state index in [0.717, 1.165) is 11.4 Å². The van der Waals surface area contributed by atoms with Crippen molar-refractivity contribution >= 4 is 17.3 Å². The lowest BCUT2D eigenvalue weighted by molar-refractivity contribution is 0.886. The number of hydrogen-bond acceptors (Lipinski definition) is 7. The van der Waals surface area contributed by atoms with Gasteiger partial charge in [0.05, 0.1) is 11.3 Å². The summed E-state index contributed by atoms with van der Waals surface area (Å²) in [5, 5.41) is 4.28. The average Bonchev–Trinajstić information content (AvgIpc) is 2.98. The quantitative estimate of drug-likeness (QED) is 0.610. The summed E-state index contributed by atoms with van der Waals surface area (Å²) in [6.07, 6.45) is 8.63. The van der Waals surface area contributed by atoms with Crippen LogP contribution in [0.5, 0.6) is 0 Å².